The van der Waals surface area contributed by atoms with Crippen LogP contribution in [0.15, 0.2) is 0 Å². The summed E-state index contributed by atoms with van der Waals surface area (Å²) >= 11 is 5.65. The molecular weight excluding hydrogens is 247 g/mol. The number of carbonyl (C=O) groups is 1. The van der Waals surface area contributed by atoms with E-state index in [9.17, 15) is 23.1 Å². The predicted octanol–water partition coefficient (Wildman–Crippen LogP) is 1.53. The van der Waals surface area contributed by atoms with Gasteiger partial charge in [-0.1, -0.05) is 6.92 Å². The molecule has 0 bridgehead atoms. The summed E-state index contributed by atoms with van der Waals surface area (Å²) in [5, 5.41) is 8.52. The number of nitrogens with zero attached hydrogens (tertiary/aromatic N) is 1. The van der Waals surface area contributed by atoms with Crippen molar-refractivity contribution < 1.29 is 23.1 Å². The van der Waals surface area contributed by atoms with E-state index in [-0.39, 0.29) is 6.54 Å². The Morgan fingerprint density at radius 3 is 2.56 bits per heavy atom. The van der Waals surface area contributed by atoms with Crippen LogP contribution >= 0.6 is 11.6 Å². The van der Waals surface area contributed by atoms with E-state index in [0.717, 1.165) is 4.90 Å². The first kappa shape index (κ1) is 13.6. The van der Waals surface area contributed by atoms with Gasteiger partial charge in [0, 0.05) is 13.0 Å². The highest BCUT2D eigenvalue weighted by atomic mass is 35.5. The molecule has 1 aliphatic rings. The number of rotatable bonds is 2. The van der Waals surface area contributed by atoms with Crippen LogP contribution in [-0.2, 0) is 4.79 Å². The molecule has 1 aliphatic heterocycles. The van der Waals surface area contributed by atoms with Crippen LogP contribution in [0.25, 0.3) is 0 Å². The number of hydrogen-bond acceptors (Lipinski definition) is 2. The number of β-amino-alcohol motifs (C(OH)–C–C–N with tert-alkyl or cyclic N) is 1. The van der Waals surface area contributed by atoms with E-state index >= 15 is 0 Å². The van der Waals surface area contributed by atoms with Gasteiger partial charge in [-0.2, -0.15) is 13.2 Å². The third-order valence-electron chi connectivity index (χ3n) is 2.71. The summed E-state index contributed by atoms with van der Waals surface area (Å²) in [6, 6.07) is 0. The van der Waals surface area contributed by atoms with Gasteiger partial charge >= 0.3 is 6.18 Å². The predicted molar refractivity (Wildman–Crippen MR) is 52.1 cm³/mol. The third-order valence-corrected chi connectivity index (χ3v) is 3.21. The number of alkyl halides is 4. The maximum absolute atomic E-state index is 12.4. The maximum atomic E-state index is 12.4. The molecule has 0 unspecified atom stereocenters. The minimum atomic E-state index is -4.71. The molecule has 2 atom stereocenters. The fourth-order valence-electron chi connectivity index (χ4n) is 1.59. The minimum Gasteiger partial charge on any atom is -0.379 e. The van der Waals surface area contributed by atoms with Gasteiger partial charge in [0.2, 0.25) is 5.91 Å². The van der Waals surface area contributed by atoms with Crippen LogP contribution in [0, 0.1) is 0 Å². The standard InChI is InChI=1S/C9H13ClF3NO2/c1-2-6(10)7(15)14-4-3-8(16,5-14)9(11,12)13/h6,16H,2-5H2,1H3/t6-,8-/m1/s1. The van der Waals surface area contributed by atoms with Crippen molar-refractivity contribution in [1.29, 1.82) is 0 Å². The second kappa shape index (κ2) is 4.41. The van der Waals surface area contributed by atoms with Gasteiger partial charge in [-0.15, -0.1) is 11.6 Å². The zero-order valence-corrected chi connectivity index (χ0v) is 9.48. The first-order chi connectivity index (χ1) is 7.21. The topological polar surface area (TPSA) is 40.5 Å². The van der Waals surface area contributed by atoms with E-state index in [0.29, 0.717) is 6.42 Å². The van der Waals surface area contributed by atoms with Crippen LogP contribution < -0.4 is 0 Å². The zero-order valence-electron chi connectivity index (χ0n) is 8.72. The quantitative estimate of drug-likeness (QED) is 0.764. The van der Waals surface area contributed by atoms with Crippen molar-refractivity contribution in [1.82, 2.24) is 4.90 Å². The average molecular weight is 260 g/mol. The molecule has 0 aliphatic carbocycles. The molecule has 1 N–H and O–H groups in total. The van der Waals surface area contributed by atoms with Gasteiger partial charge in [0.05, 0.1) is 6.54 Å². The summed E-state index contributed by atoms with van der Waals surface area (Å²) in [4.78, 5) is 12.5. The van der Waals surface area contributed by atoms with Gasteiger partial charge in [-0.05, 0) is 6.42 Å². The van der Waals surface area contributed by atoms with Crippen molar-refractivity contribution in [3.63, 3.8) is 0 Å². The Balaban J connectivity index is 2.69. The van der Waals surface area contributed by atoms with E-state index in [1.54, 1.807) is 6.92 Å². The van der Waals surface area contributed by atoms with E-state index in [1.165, 1.54) is 0 Å². The molecule has 1 heterocycles. The highest BCUT2D eigenvalue weighted by Gasteiger charge is 2.57. The van der Waals surface area contributed by atoms with Crippen molar-refractivity contribution in [3.8, 4) is 0 Å². The van der Waals surface area contributed by atoms with Gasteiger partial charge < -0.3 is 10.0 Å². The fraction of sp³-hybridized carbons (Fsp3) is 0.889. The second-order valence-electron chi connectivity index (χ2n) is 3.91. The van der Waals surface area contributed by atoms with E-state index in [2.05, 4.69) is 0 Å². The molecule has 7 heteroatoms. The monoisotopic (exact) mass is 259 g/mol. The summed E-state index contributed by atoms with van der Waals surface area (Å²) in [5.41, 5.74) is -2.78. The molecular formula is C9H13ClF3NO2. The lowest BCUT2D eigenvalue weighted by Crippen LogP contribution is -2.48. The molecule has 1 amide bonds. The Labute approximate surface area is 96.2 Å². The van der Waals surface area contributed by atoms with E-state index in [4.69, 9.17) is 11.6 Å². The van der Waals surface area contributed by atoms with Crippen LogP contribution in [0.4, 0.5) is 13.2 Å². The van der Waals surface area contributed by atoms with Gasteiger partial charge in [0.25, 0.3) is 0 Å². The third kappa shape index (κ3) is 2.43. The second-order valence-corrected chi connectivity index (χ2v) is 4.44. The van der Waals surface area contributed by atoms with Crippen LogP contribution in [-0.4, -0.2) is 46.2 Å². The Hall–Kier alpha value is -0.490. The van der Waals surface area contributed by atoms with Crippen molar-refractivity contribution in [2.24, 2.45) is 0 Å². The smallest absolute Gasteiger partial charge is 0.379 e. The number of hydrogen-bond donors (Lipinski definition) is 1. The molecule has 1 fully saturated rings. The summed E-state index contributed by atoms with van der Waals surface area (Å²) in [7, 11) is 0. The van der Waals surface area contributed by atoms with Gasteiger partial charge in [0.15, 0.2) is 5.60 Å². The number of halogens is 4. The summed E-state index contributed by atoms with van der Waals surface area (Å²) in [5.74, 6) is -0.552. The molecule has 3 nitrogen and oxygen atoms in total. The van der Waals surface area contributed by atoms with Gasteiger partial charge in [-0.25, -0.2) is 0 Å². The summed E-state index contributed by atoms with van der Waals surface area (Å²) in [6.07, 6.45) is -4.85. The molecule has 0 saturated carbocycles. The molecule has 0 aromatic heterocycles. The molecule has 0 radical (unpaired) electrons. The number of carbonyl (C=O) groups excluding carboxylic acids is 1. The van der Waals surface area contributed by atoms with E-state index < -0.39 is 36.0 Å². The average Bonchev–Trinajstić information content (AvgIpc) is 2.59. The Morgan fingerprint density at radius 2 is 2.19 bits per heavy atom. The number of amides is 1. The van der Waals surface area contributed by atoms with Crippen molar-refractivity contribution >= 4 is 17.5 Å². The highest BCUT2D eigenvalue weighted by Crippen LogP contribution is 2.37. The fourth-order valence-corrected chi connectivity index (χ4v) is 1.72. The highest BCUT2D eigenvalue weighted by molar-refractivity contribution is 6.30. The lowest BCUT2D eigenvalue weighted by molar-refractivity contribution is -0.253. The SMILES string of the molecule is CC[C@@H](Cl)C(=O)N1CC[C@](O)(C(F)(F)F)C1. The Kier molecular flexibility index (Phi) is 3.74. The molecule has 1 saturated heterocycles. The lowest BCUT2D eigenvalue weighted by atomic mass is 10.0. The molecule has 0 spiro atoms. The zero-order chi connectivity index (χ0) is 12.6. The number of likely N-dealkylation sites (tertiary alicyclic amines) is 1. The summed E-state index contributed by atoms with van der Waals surface area (Å²) in [6.45, 7) is 0.832. The minimum absolute atomic E-state index is 0.113. The maximum Gasteiger partial charge on any atom is 0.419 e. The van der Waals surface area contributed by atoms with Crippen LogP contribution in [0.1, 0.15) is 19.8 Å². The van der Waals surface area contributed by atoms with Crippen molar-refractivity contribution in [2.75, 3.05) is 13.1 Å². The van der Waals surface area contributed by atoms with Crippen LogP contribution in [0.5, 0.6) is 0 Å². The Morgan fingerprint density at radius 1 is 1.62 bits per heavy atom. The van der Waals surface area contributed by atoms with Crippen molar-refractivity contribution in [2.45, 2.75) is 36.9 Å². The summed E-state index contributed by atoms with van der Waals surface area (Å²) < 4.78 is 37.3. The largest absolute Gasteiger partial charge is 0.419 e. The van der Waals surface area contributed by atoms with E-state index in [1.807, 2.05) is 0 Å². The first-order valence-electron chi connectivity index (χ1n) is 4.93. The number of aliphatic hydroxyl groups is 1. The normalized spacial score (nSPS) is 28.2. The lowest BCUT2D eigenvalue weighted by Gasteiger charge is -2.26. The molecule has 0 aromatic rings. The molecule has 16 heavy (non-hydrogen) atoms. The Bertz CT molecular complexity index is 284. The van der Waals surface area contributed by atoms with Gasteiger partial charge in [-0.3, -0.25) is 4.79 Å². The van der Waals surface area contributed by atoms with Gasteiger partial charge in [0.1, 0.15) is 5.38 Å². The molecule has 1 rings (SSSR count). The van der Waals surface area contributed by atoms with Crippen molar-refractivity contribution in [3.05, 3.63) is 0 Å². The van der Waals surface area contributed by atoms with Crippen LogP contribution in [0.3, 0.4) is 0 Å². The molecule has 94 valence electrons. The van der Waals surface area contributed by atoms with Crippen LogP contribution in [0.2, 0.25) is 0 Å². The first-order valence-corrected chi connectivity index (χ1v) is 5.37. The molecule has 0 aromatic carbocycles.